The molecule has 0 saturated carbocycles. The first-order chi connectivity index (χ1) is 13.3. The number of morpholine rings is 1. The van der Waals surface area contributed by atoms with Gasteiger partial charge in [-0.05, 0) is 30.7 Å². The highest BCUT2D eigenvalue weighted by molar-refractivity contribution is 5.52. The monoisotopic (exact) mass is 366 g/mol. The summed E-state index contributed by atoms with van der Waals surface area (Å²) < 4.78 is 11.1. The molecule has 4 heterocycles. The molecule has 4 rings (SSSR count). The SMILES string of the molecule is Cc1ccc(-c2cnnc(NC[C@H](c3cccnc3)N3CCOCC3)n2)o1. The molecular weight excluding hydrogens is 344 g/mol. The third kappa shape index (κ3) is 4.29. The van der Waals surface area contributed by atoms with Crippen LogP contribution in [0, 0.1) is 6.92 Å². The molecule has 1 aliphatic heterocycles. The van der Waals surface area contributed by atoms with Crippen molar-refractivity contribution < 1.29 is 9.15 Å². The molecule has 3 aromatic rings. The van der Waals surface area contributed by atoms with Crippen LogP contribution in [0.25, 0.3) is 11.5 Å². The van der Waals surface area contributed by atoms with Crippen molar-refractivity contribution >= 4 is 5.95 Å². The average Bonchev–Trinajstić information content (AvgIpc) is 3.16. The van der Waals surface area contributed by atoms with E-state index in [2.05, 4.69) is 36.4 Å². The van der Waals surface area contributed by atoms with Gasteiger partial charge in [0.2, 0.25) is 5.95 Å². The number of nitrogens with one attached hydrogen (secondary N) is 1. The summed E-state index contributed by atoms with van der Waals surface area (Å²) in [5.74, 6) is 1.99. The summed E-state index contributed by atoms with van der Waals surface area (Å²) in [6.45, 7) is 5.79. The summed E-state index contributed by atoms with van der Waals surface area (Å²) in [5, 5.41) is 11.5. The van der Waals surface area contributed by atoms with E-state index in [0.29, 0.717) is 23.9 Å². The maximum absolute atomic E-state index is 5.63. The van der Waals surface area contributed by atoms with E-state index in [1.807, 2.05) is 31.3 Å². The van der Waals surface area contributed by atoms with E-state index in [9.17, 15) is 0 Å². The molecule has 0 bridgehead atoms. The second-order valence-electron chi connectivity index (χ2n) is 6.41. The third-order valence-corrected chi connectivity index (χ3v) is 4.56. The lowest BCUT2D eigenvalue weighted by Gasteiger charge is -2.34. The summed E-state index contributed by atoms with van der Waals surface area (Å²) in [6.07, 6.45) is 5.29. The van der Waals surface area contributed by atoms with Crippen LogP contribution >= 0.6 is 0 Å². The number of hydrogen-bond donors (Lipinski definition) is 1. The van der Waals surface area contributed by atoms with Gasteiger partial charge in [-0.1, -0.05) is 6.07 Å². The van der Waals surface area contributed by atoms with Gasteiger partial charge in [0, 0.05) is 32.0 Å². The fourth-order valence-corrected chi connectivity index (χ4v) is 3.18. The van der Waals surface area contributed by atoms with E-state index in [1.165, 1.54) is 0 Å². The first kappa shape index (κ1) is 17.6. The topological polar surface area (TPSA) is 89.2 Å². The van der Waals surface area contributed by atoms with Gasteiger partial charge in [0.05, 0.1) is 25.5 Å². The standard InChI is InChI=1S/C19H22N6O2/c1-14-4-5-18(27-14)16-12-22-24-19(23-16)21-13-17(15-3-2-6-20-11-15)25-7-9-26-10-8-25/h2-6,11-12,17H,7-10,13H2,1H3,(H,21,23,24)/t17-/m1/s1. The zero-order chi connectivity index (χ0) is 18.5. The van der Waals surface area contributed by atoms with Crippen molar-refractivity contribution in [1.82, 2.24) is 25.1 Å². The van der Waals surface area contributed by atoms with Gasteiger partial charge < -0.3 is 14.5 Å². The summed E-state index contributed by atoms with van der Waals surface area (Å²) in [4.78, 5) is 11.2. The van der Waals surface area contributed by atoms with Crippen molar-refractivity contribution in [2.75, 3.05) is 38.2 Å². The van der Waals surface area contributed by atoms with Gasteiger partial charge in [0.15, 0.2) is 5.76 Å². The molecule has 1 fully saturated rings. The molecule has 0 amide bonds. The van der Waals surface area contributed by atoms with Gasteiger partial charge in [0.1, 0.15) is 11.5 Å². The van der Waals surface area contributed by atoms with Gasteiger partial charge in [0.25, 0.3) is 0 Å². The first-order valence-electron chi connectivity index (χ1n) is 9.02. The molecule has 0 aromatic carbocycles. The quantitative estimate of drug-likeness (QED) is 0.711. The van der Waals surface area contributed by atoms with Crippen LogP contribution in [0.15, 0.2) is 47.3 Å². The molecule has 3 aromatic heterocycles. The van der Waals surface area contributed by atoms with Crippen molar-refractivity contribution in [1.29, 1.82) is 0 Å². The van der Waals surface area contributed by atoms with Crippen LogP contribution in [-0.2, 0) is 4.74 Å². The van der Waals surface area contributed by atoms with E-state index >= 15 is 0 Å². The van der Waals surface area contributed by atoms with Gasteiger partial charge in [-0.3, -0.25) is 9.88 Å². The molecule has 1 atom stereocenters. The van der Waals surface area contributed by atoms with Crippen LogP contribution in [0.3, 0.4) is 0 Å². The van der Waals surface area contributed by atoms with Gasteiger partial charge >= 0.3 is 0 Å². The summed E-state index contributed by atoms with van der Waals surface area (Å²) >= 11 is 0. The highest BCUT2D eigenvalue weighted by Crippen LogP contribution is 2.23. The number of anilines is 1. The van der Waals surface area contributed by atoms with E-state index in [1.54, 1.807) is 12.4 Å². The first-order valence-corrected chi connectivity index (χ1v) is 9.02. The minimum absolute atomic E-state index is 0.153. The number of aromatic nitrogens is 4. The van der Waals surface area contributed by atoms with Crippen molar-refractivity contribution in [3.63, 3.8) is 0 Å². The molecule has 0 unspecified atom stereocenters. The molecule has 140 valence electrons. The summed E-state index contributed by atoms with van der Waals surface area (Å²) in [7, 11) is 0. The Morgan fingerprint density at radius 1 is 1.19 bits per heavy atom. The van der Waals surface area contributed by atoms with Crippen LogP contribution in [-0.4, -0.2) is 57.9 Å². The van der Waals surface area contributed by atoms with Crippen LogP contribution in [0.1, 0.15) is 17.4 Å². The lowest BCUT2D eigenvalue weighted by Crippen LogP contribution is -2.41. The normalized spacial score (nSPS) is 16.2. The van der Waals surface area contributed by atoms with Crippen molar-refractivity contribution in [2.24, 2.45) is 0 Å². The number of rotatable bonds is 6. The van der Waals surface area contributed by atoms with Gasteiger partial charge in [-0.15, -0.1) is 5.10 Å². The predicted octanol–water partition coefficient (Wildman–Crippen LogP) is 2.32. The molecule has 0 aliphatic carbocycles. The Hall–Kier alpha value is -2.84. The Kier molecular flexibility index (Phi) is 5.36. The Labute approximate surface area is 157 Å². The molecular formula is C19H22N6O2. The van der Waals surface area contributed by atoms with Gasteiger partial charge in [-0.2, -0.15) is 5.10 Å². The number of ether oxygens (including phenoxy) is 1. The molecule has 8 heteroatoms. The smallest absolute Gasteiger partial charge is 0.243 e. The van der Waals surface area contributed by atoms with E-state index in [-0.39, 0.29) is 6.04 Å². The van der Waals surface area contributed by atoms with Crippen molar-refractivity contribution in [3.05, 3.63) is 54.2 Å². The second-order valence-corrected chi connectivity index (χ2v) is 6.41. The van der Waals surface area contributed by atoms with E-state index in [0.717, 1.165) is 37.6 Å². The average molecular weight is 366 g/mol. The largest absolute Gasteiger partial charge is 0.460 e. The van der Waals surface area contributed by atoms with Crippen molar-refractivity contribution in [3.8, 4) is 11.5 Å². The lowest BCUT2D eigenvalue weighted by molar-refractivity contribution is 0.0186. The number of hydrogen-bond acceptors (Lipinski definition) is 8. The van der Waals surface area contributed by atoms with E-state index < -0.39 is 0 Å². The lowest BCUT2D eigenvalue weighted by atomic mass is 10.1. The number of nitrogens with zero attached hydrogens (tertiary/aromatic N) is 5. The zero-order valence-corrected chi connectivity index (χ0v) is 15.2. The Morgan fingerprint density at radius 3 is 2.81 bits per heavy atom. The minimum Gasteiger partial charge on any atom is -0.460 e. The number of pyridine rings is 1. The molecule has 1 aliphatic rings. The van der Waals surface area contributed by atoms with E-state index in [4.69, 9.17) is 9.15 Å². The molecule has 1 N–H and O–H groups in total. The predicted molar refractivity (Wildman–Crippen MR) is 100 cm³/mol. The van der Waals surface area contributed by atoms with Crippen LogP contribution in [0.4, 0.5) is 5.95 Å². The fourth-order valence-electron chi connectivity index (χ4n) is 3.18. The van der Waals surface area contributed by atoms with Crippen molar-refractivity contribution in [2.45, 2.75) is 13.0 Å². The Morgan fingerprint density at radius 2 is 2.07 bits per heavy atom. The molecule has 0 radical (unpaired) electrons. The summed E-state index contributed by atoms with van der Waals surface area (Å²) in [6, 6.07) is 7.99. The highest BCUT2D eigenvalue weighted by atomic mass is 16.5. The highest BCUT2D eigenvalue weighted by Gasteiger charge is 2.23. The maximum Gasteiger partial charge on any atom is 0.243 e. The van der Waals surface area contributed by atoms with Crippen LogP contribution < -0.4 is 5.32 Å². The zero-order valence-electron chi connectivity index (χ0n) is 15.2. The molecule has 1 saturated heterocycles. The summed E-state index contributed by atoms with van der Waals surface area (Å²) in [5.41, 5.74) is 1.81. The minimum atomic E-state index is 0.153. The van der Waals surface area contributed by atoms with Crippen LogP contribution in [0.5, 0.6) is 0 Å². The molecule has 0 spiro atoms. The number of aryl methyl sites for hydroxylation is 1. The Bertz CT molecular complexity index is 863. The fraction of sp³-hybridized carbons (Fsp3) is 0.368. The Balaban J connectivity index is 1.50. The van der Waals surface area contributed by atoms with Gasteiger partial charge in [-0.25, -0.2) is 4.98 Å². The maximum atomic E-state index is 5.63. The van der Waals surface area contributed by atoms with Crippen LogP contribution in [0.2, 0.25) is 0 Å². The number of furan rings is 1. The second kappa shape index (κ2) is 8.24. The third-order valence-electron chi connectivity index (χ3n) is 4.56. The molecule has 8 nitrogen and oxygen atoms in total. The molecule has 27 heavy (non-hydrogen) atoms.